The van der Waals surface area contributed by atoms with Crippen LogP contribution in [-0.4, -0.2) is 19.0 Å². The van der Waals surface area contributed by atoms with Crippen LogP contribution in [0.2, 0.25) is 0 Å². The molecule has 1 heterocycles. The van der Waals surface area contributed by atoms with Crippen molar-refractivity contribution in [3.8, 4) is 0 Å². The van der Waals surface area contributed by atoms with Gasteiger partial charge in [0.1, 0.15) is 0 Å². The third-order valence-corrected chi connectivity index (χ3v) is 2.29. The smallest absolute Gasteiger partial charge is 0.289 e. The molecule has 4 heteroatoms. The van der Waals surface area contributed by atoms with Gasteiger partial charge in [-0.3, -0.25) is 4.79 Å². The number of hydrogen-bond donors (Lipinski definition) is 1. The standard InChI is InChI=1S/C7H12N2O2/c1-5(7(10)9-11)6-2-3-8-4-6/h5-6,8H,2-4H2,1H3. The van der Waals surface area contributed by atoms with Crippen molar-refractivity contribution < 1.29 is 4.79 Å². The average molecular weight is 156 g/mol. The zero-order valence-electron chi connectivity index (χ0n) is 6.54. The van der Waals surface area contributed by atoms with Crippen LogP contribution in [-0.2, 0) is 4.79 Å². The number of hydrogen-bond acceptors (Lipinski definition) is 3. The summed E-state index contributed by atoms with van der Waals surface area (Å²) in [7, 11) is 0. The Morgan fingerprint density at radius 2 is 2.45 bits per heavy atom. The Balaban J connectivity index is 2.45. The highest BCUT2D eigenvalue weighted by atomic mass is 16.3. The van der Waals surface area contributed by atoms with Gasteiger partial charge in [0, 0.05) is 11.1 Å². The van der Waals surface area contributed by atoms with Crippen molar-refractivity contribution in [2.75, 3.05) is 13.1 Å². The summed E-state index contributed by atoms with van der Waals surface area (Å²) in [6, 6.07) is 0. The van der Waals surface area contributed by atoms with Gasteiger partial charge in [0.05, 0.1) is 0 Å². The molecule has 0 spiro atoms. The van der Waals surface area contributed by atoms with E-state index in [0.717, 1.165) is 19.5 Å². The van der Waals surface area contributed by atoms with E-state index in [2.05, 4.69) is 10.5 Å². The quantitative estimate of drug-likeness (QED) is 0.593. The van der Waals surface area contributed by atoms with Crippen LogP contribution in [0.1, 0.15) is 13.3 Å². The number of nitroso groups, excluding NO2 is 1. The number of carbonyl (C=O) groups excluding carboxylic acids is 1. The van der Waals surface area contributed by atoms with E-state index in [1.165, 1.54) is 0 Å². The molecule has 11 heavy (non-hydrogen) atoms. The lowest BCUT2D eigenvalue weighted by atomic mass is 9.93. The van der Waals surface area contributed by atoms with Crippen LogP contribution in [0.5, 0.6) is 0 Å². The van der Waals surface area contributed by atoms with Crippen LogP contribution >= 0.6 is 0 Å². The highest BCUT2D eigenvalue weighted by Crippen LogP contribution is 2.19. The van der Waals surface area contributed by atoms with Crippen molar-refractivity contribution in [1.29, 1.82) is 0 Å². The predicted molar refractivity (Wildman–Crippen MR) is 40.9 cm³/mol. The molecule has 0 saturated carbocycles. The van der Waals surface area contributed by atoms with Gasteiger partial charge in [-0.1, -0.05) is 6.92 Å². The Labute approximate surface area is 65.3 Å². The molecular formula is C7H12N2O2. The van der Waals surface area contributed by atoms with Crippen molar-refractivity contribution in [3.63, 3.8) is 0 Å². The molecule has 0 aromatic rings. The van der Waals surface area contributed by atoms with E-state index in [4.69, 9.17) is 0 Å². The van der Waals surface area contributed by atoms with Gasteiger partial charge in [0.25, 0.3) is 5.91 Å². The molecule has 0 aromatic carbocycles. The van der Waals surface area contributed by atoms with Crippen molar-refractivity contribution in [2.45, 2.75) is 13.3 Å². The van der Waals surface area contributed by atoms with E-state index in [9.17, 15) is 9.70 Å². The summed E-state index contributed by atoms with van der Waals surface area (Å²) in [4.78, 5) is 20.7. The van der Waals surface area contributed by atoms with E-state index in [0.29, 0.717) is 5.92 Å². The van der Waals surface area contributed by atoms with Crippen LogP contribution in [0.15, 0.2) is 5.18 Å². The highest BCUT2D eigenvalue weighted by Gasteiger charge is 2.26. The van der Waals surface area contributed by atoms with Gasteiger partial charge >= 0.3 is 0 Å². The number of carbonyl (C=O) groups is 1. The molecule has 1 N–H and O–H groups in total. The van der Waals surface area contributed by atoms with Gasteiger partial charge in [0.2, 0.25) is 0 Å². The first-order valence-corrected chi connectivity index (χ1v) is 3.83. The first-order valence-electron chi connectivity index (χ1n) is 3.83. The van der Waals surface area contributed by atoms with Gasteiger partial charge in [-0.25, -0.2) is 0 Å². The molecule has 0 aliphatic carbocycles. The van der Waals surface area contributed by atoms with E-state index in [-0.39, 0.29) is 5.92 Å². The molecule has 1 aliphatic heterocycles. The maximum atomic E-state index is 10.8. The Morgan fingerprint density at radius 1 is 1.73 bits per heavy atom. The van der Waals surface area contributed by atoms with E-state index >= 15 is 0 Å². The predicted octanol–water partition coefficient (Wildman–Crippen LogP) is 0.525. The fourth-order valence-electron chi connectivity index (χ4n) is 1.39. The summed E-state index contributed by atoms with van der Waals surface area (Å²) in [6.45, 7) is 3.55. The maximum Gasteiger partial charge on any atom is 0.289 e. The summed E-state index contributed by atoms with van der Waals surface area (Å²) < 4.78 is 0. The average Bonchev–Trinajstić information content (AvgIpc) is 2.53. The second-order valence-electron chi connectivity index (χ2n) is 2.97. The van der Waals surface area contributed by atoms with E-state index in [1.807, 2.05) is 0 Å². The minimum atomic E-state index is -0.515. The summed E-state index contributed by atoms with van der Waals surface area (Å²) in [6.07, 6.45) is 0.975. The first kappa shape index (κ1) is 8.33. The summed E-state index contributed by atoms with van der Waals surface area (Å²) >= 11 is 0. The topological polar surface area (TPSA) is 58.5 Å². The Bertz CT molecular complexity index is 164. The molecule has 1 saturated heterocycles. The molecule has 1 fully saturated rings. The van der Waals surface area contributed by atoms with Gasteiger partial charge in [-0.05, 0) is 25.4 Å². The van der Waals surface area contributed by atoms with Crippen molar-refractivity contribution in [2.24, 2.45) is 17.0 Å². The summed E-state index contributed by atoms with van der Waals surface area (Å²) in [5, 5.41) is 5.55. The Kier molecular flexibility index (Phi) is 2.70. The molecule has 2 unspecified atom stereocenters. The molecule has 1 amide bonds. The maximum absolute atomic E-state index is 10.8. The monoisotopic (exact) mass is 156 g/mol. The lowest BCUT2D eigenvalue weighted by molar-refractivity contribution is -0.122. The normalized spacial score (nSPS) is 26.5. The molecule has 0 bridgehead atoms. The summed E-state index contributed by atoms with van der Waals surface area (Å²) in [5.41, 5.74) is 0. The molecule has 2 atom stereocenters. The third-order valence-electron chi connectivity index (χ3n) is 2.29. The number of nitrogens with zero attached hydrogens (tertiary/aromatic N) is 1. The van der Waals surface area contributed by atoms with Gasteiger partial charge in [-0.2, -0.15) is 0 Å². The first-order chi connectivity index (χ1) is 5.25. The minimum absolute atomic E-state index is 0.206. The van der Waals surface area contributed by atoms with E-state index < -0.39 is 5.91 Å². The van der Waals surface area contributed by atoms with Crippen molar-refractivity contribution >= 4 is 5.91 Å². The summed E-state index contributed by atoms with van der Waals surface area (Å²) in [5.74, 6) is -0.415. The zero-order chi connectivity index (χ0) is 8.27. The molecular weight excluding hydrogens is 144 g/mol. The molecule has 1 aliphatic rings. The molecule has 4 nitrogen and oxygen atoms in total. The highest BCUT2D eigenvalue weighted by molar-refractivity contribution is 5.79. The van der Waals surface area contributed by atoms with Crippen LogP contribution < -0.4 is 5.32 Å². The van der Waals surface area contributed by atoms with Gasteiger partial charge in [0.15, 0.2) is 0 Å². The SMILES string of the molecule is CC(C(=O)N=O)C1CCNC1. The largest absolute Gasteiger partial charge is 0.316 e. The van der Waals surface area contributed by atoms with Crippen molar-refractivity contribution in [1.82, 2.24) is 5.32 Å². The van der Waals surface area contributed by atoms with Crippen LogP contribution in [0.3, 0.4) is 0 Å². The molecule has 1 rings (SSSR count). The fourth-order valence-corrected chi connectivity index (χ4v) is 1.39. The molecule has 0 aromatic heterocycles. The van der Waals surface area contributed by atoms with E-state index in [1.54, 1.807) is 6.92 Å². The number of rotatable bonds is 2. The number of amides is 1. The second-order valence-corrected chi connectivity index (χ2v) is 2.97. The van der Waals surface area contributed by atoms with Crippen LogP contribution in [0.4, 0.5) is 0 Å². The lowest BCUT2D eigenvalue weighted by Crippen LogP contribution is -2.21. The number of nitrogens with one attached hydrogen (secondary N) is 1. The lowest BCUT2D eigenvalue weighted by Gasteiger charge is -2.11. The zero-order valence-corrected chi connectivity index (χ0v) is 6.54. The van der Waals surface area contributed by atoms with Crippen LogP contribution in [0, 0.1) is 16.7 Å². The van der Waals surface area contributed by atoms with Crippen molar-refractivity contribution in [3.05, 3.63) is 4.91 Å². The third kappa shape index (κ3) is 1.83. The fraction of sp³-hybridized carbons (Fsp3) is 0.857. The Morgan fingerprint density at radius 3 is 2.91 bits per heavy atom. The molecule has 0 radical (unpaired) electrons. The Hall–Kier alpha value is -0.770. The minimum Gasteiger partial charge on any atom is -0.316 e. The van der Waals surface area contributed by atoms with Gasteiger partial charge in [-0.15, -0.1) is 4.91 Å². The van der Waals surface area contributed by atoms with Crippen LogP contribution in [0.25, 0.3) is 0 Å². The molecule has 62 valence electrons. The van der Waals surface area contributed by atoms with Gasteiger partial charge < -0.3 is 5.32 Å². The second kappa shape index (κ2) is 3.57.